The van der Waals surface area contributed by atoms with Crippen LogP contribution in [-0.2, 0) is 4.79 Å². The molecule has 1 N–H and O–H groups in total. The van der Waals surface area contributed by atoms with Crippen molar-refractivity contribution in [3.05, 3.63) is 39.5 Å². The lowest BCUT2D eigenvalue weighted by Crippen LogP contribution is -2.32. The number of thioether (sulfide) groups is 1. The van der Waals surface area contributed by atoms with E-state index < -0.39 is 0 Å². The molecule has 1 aromatic rings. The zero-order chi connectivity index (χ0) is 15.3. The van der Waals surface area contributed by atoms with Gasteiger partial charge in [-0.3, -0.25) is 9.79 Å². The van der Waals surface area contributed by atoms with Gasteiger partial charge in [0.25, 0.3) is 0 Å². The predicted octanol–water partition coefficient (Wildman–Crippen LogP) is 4.21. The fourth-order valence-electron chi connectivity index (χ4n) is 3.67. The molecule has 1 aromatic carbocycles. The maximum atomic E-state index is 12.6. The largest absolute Gasteiger partial charge is 0.508 e. The Morgan fingerprint density at radius 1 is 1.27 bits per heavy atom. The number of hydrogen-bond acceptors (Lipinski definition) is 4. The van der Waals surface area contributed by atoms with Crippen LogP contribution in [0.2, 0.25) is 0 Å². The summed E-state index contributed by atoms with van der Waals surface area (Å²) in [4.78, 5) is 17.4. The molecule has 114 valence electrons. The summed E-state index contributed by atoms with van der Waals surface area (Å²) in [7, 11) is 0. The Balaban J connectivity index is 1.91. The maximum Gasteiger partial charge on any atom is 0.161 e. The molecule has 2 unspecified atom stereocenters. The van der Waals surface area contributed by atoms with Crippen LogP contribution in [0.25, 0.3) is 0 Å². The quantitative estimate of drug-likeness (QED) is 0.797. The lowest BCUT2D eigenvalue weighted by atomic mass is 9.77. The Kier molecular flexibility index (Phi) is 3.65. The average molecular weight is 378 g/mol. The number of aliphatic imine (C=N–C) groups is 1. The molecule has 2 atom stereocenters. The topological polar surface area (TPSA) is 49.7 Å². The van der Waals surface area contributed by atoms with Gasteiger partial charge in [-0.2, -0.15) is 11.8 Å². The van der Waals surface area contributed by atoms with Crippen LogP contribution in [0.1, 0.15) is 37.2 Å². The predicted molar refractivity (Wildman–Crippen MR) is 92.7 cm³/mol. The molecule has 0 spiro atoms. The number of phenols is 1. The second kappa shape index (κ2) is 5.53. The van der Waals surface area contributed by atoms with E-state index in [0.717, 1.165) is 46.3 Å². The van der Waals surface area contributed by atoms with Gasteiger partial charge in [0.05, 0.1) is 5.25 Å². The first-order valence-electron chi connectivity index (χ1n) is 7.59. The molecule has 0 bridgehead atoms. The standard InChI is InChI=1S/C17H16BrNO2S/c18-9-4-5-13(20)10(8-9)15-16-11(2-1-3-14(16)21)19-12-6-7-22-17(12)15/h4-5,8,15,17,20H,1-3,6-7H2. The van der Waals surface area contributed by atoms with E-state index in [9.17, 15) is 9.90 Å². The first-order valence-corrected chi connectivity index (χ1v) is 9.43. The Hall–Kier alpha value is -1.07. The fourth-order valence-corrected chi connectivity index (χ4v) is 5.47. The zero-order valence-corrected chi connectivity index (χ0v) is 14.4. The Morgan fingerprint density at radius 2 is 2.14 bits per heavy atom. The van der Waals surface area contributed by atoms with Crippen molar-refractivity contribution >= 4 is 39.2 Å². The normalized spacial score (nSPS) is 27.5. The summed E-state index contributed by atoms with van der Waals surface area (Å²) in [5.41, 5.74) is 3.86. The third-order valence-electron chi connectivity index (χ3n) is 4.63. The number of ketones is 1. The van der Waals surface area contributed by atoms with Crippen LogP contribution < -0.4 is 0 Å². The molecule has 0 amide bonds. The number of benzene rings is 1. The number of fused-ring (bicyclic) bond motifs is 1. The zero-order valence-electron chi connectivity index (χ0n) is 12.0. The van der Waals surface area contributed by atoms with E-state index in [1.165, 1.54) is 5.71 Å². The van der Waals surface area contributed by atoms with Crippen molar-refractivity contribution in [1.82, 2.24) is 0 Å². The van der Waals surface area contributed by atoms with E-state index >= 15 is 0 Å². The van der Waals surface area contributed by atoms with Crippen molar-refractivity contribution < 1.29 is 9.90 Å². The Bertz CT molecular complexity index is 725. The van der Waals surface area contributed by atoms with E-state index in [1.807, 2.05) is 23.9 Å². The monoisotopic (exact) mass is 377 g/mol. The van der Waals surface area contributed by atoms with Gasteiger partial charge < -0.3 is 5.11 Å². The molecule has 0 aromatic heterocycles. The van der Waals surface area contributed by atoms with E-state index in [4.69, 9.17) is 4.99 Å². The fraction of sp³-hybridized carbons (Fsp3) is 0.412. The summed E-state index contributed by atoms with van der Waals surface area (Å²) >= 11 is 5.35. The van der Waals surface area contributed by atoms with Crippen molar-refractivity contribution in [3.63, 3.8) is 0 Å². The first kappa shape index (κ1) is 14.5. The number of Topliss-reactive ketones (excluding diaryl/α,β-unsaturated/α-hetero) is 1. The third kappa shape index (κ3) is 2.26. The molecule has 0 radical (unpaired) electrons. The highest BCUT2D eigenvalue weighted by atomic mass is 79.9. The maximum absolute atomic E-state index is 12.6. The van der Waals surface area contributed by atoms with Gasteiger partial charge in [0.2, 0.25) is 0 Å². The average Bonchev–Trinajstić information content (AvgIpc) is 2.96. The number of halogens is 1. The van der Waals surface area contributed by atoms with Crippen LogP contribution >= 0.6 is 27.7 Å². The van der Waals surface area contributed by atoms with Gasteiger partial charge in [0.1, 0.15) is 5.75 Å². The van der Waals surface area contributed by atoms with Crippen LogP contribution in [0.15, 0.2) is 38.9 Å². The van der Waals surface area contributed by atoms with Crippen LogP contribution in [0.3, 0.4) is 0 Å². The van der Waals surface area contributed by atoms with E-state index in [-0.39, 0.29) is 22.7 Å². The van der Waals surface area contributed by atoms with Crippen LogP contribution in [0.4, 0.5) is 0 Å². The minimum atomic E-state index is -0.0553. The number of aromatic hydroxyl groups is 1. The lowest BCUT2D eigenvalue weighted by Gasteiger charge is -2.33. The minimum absolute atomic E-state index is 0.0553. The molecule has 0 saturated carbocycles. The number of allylic oxidation sites excluding steroid dienone is 2. The number of phenolic OH excluding ortho intramolecular Hbond substituents is 1. The highest BCUT2D eigenvalue weighted by Gasteiger charge is 2.43. The van der Waals surface area contributed by atoms with Crippen molar-refractivity contribution in [2.24, 2.45) is 4.99 Å². The summed E-state index contributed by atoms with van der Waals surface area (Å²) in [6.07, 6.45) is 3.37. The second-order valence-corrected chi connectivity index (χ2v) is 8.13. The molecule has 1 fully saturated rings. The third-order valence-corrected chi connectivity index (χ3v) is 6.47. The van der Waals surface area contributed by atoms with Gasteiger partial charge in [0, 0.05) is 39.4 Å². The molecule has 1 aliphatic carbocycles. The van der Waals surface area contributed by atoms with Crippen LogP contribution in [0, 0.1) is 0 Å². The Labute approximate surface area is 142 Å². The minimum Gasteiger partial charge on any atom is -0.508 e. The van der Waals surface area contributed by atoms with Crippen molar-refractivity contribution in [2.75, 3.05) is 5.75 Å². The van der Waals surface area contributed by atoms with Gasteiger partial charge in [-0.05, 0) is 43.2 Å². The SMILES string of the molecule is O=C1CCCC2=C1C(c1cc(Br)ccc1O)C1SCCC1=N2. The number of nitrogens with zero attached hydrogens (tertiary/aromatic N) is 1. The molecular formula is C17H16BrNO2S. The molecule has 2 heterocycles. The molecule has 3 nitrogen and oxygen atoms in total. The molecule has 22 heavy (non-hydrogen) atoms. The van der Waals surface area contributed by atoms with Gasteiger partial charge in [-0.15, -0.1) is 0 Å². The first-order chi connectivity index (χ1) is 10.6. The van der Waals surface area contributed by atoms with Crippen molar-refractivity contribution in [2.45, 2.75) is 36.9 Å². The lowest BCUT2D eigenvalue weighted by molar-refractivity contribution is -0.116. The number of carbonyl (C=O) groups is 1. The van der Waals surface area contributed by atoms with E-state index in [1.54, 1.807) is 6.07 Å². The van der Waals surface area contributed by atoms with Crippen molar-refractivity contribution in [1.29, 1.82) is 0 Å². The molecular weight excluding hydrogens is 362 g/mol. The van der Waals surface area contributed by atoms with Gasteiger partial charge >= 0.3 is 0 Å². The summed E-state index contributed by atoms with van der Waals surface area (Å²) in [5, 5.41) is 10.6. The number of rotatable bonds is 1. The van der Waals surface area contributed by atoms with Gasteiger partial charge in [-0.25, -0.2) is 0 Å². The Morgan fingerprint density at radius 3 is 3.00 bits per heavy atom. The summed E-state index contributed by atoms with van der Waals surface area (Å²) in [6, 6.07) is 5.49. The van der Waals surface area contributed by atoms with Gasteiger partial charge in [0.15, 0.2) is 5.78 Å². The molecule has 2 aliphatic heterocycles. The van der Waals surface area contributed by atoms with Crippen LogP contribution in [0.5, 0.6) is 5.75 Å². The summed E-state index contributed by atoms with van der Waals surface area (Å²) < 4.78 is 0.928. The number of hydrogen-bond donors (Lipinski definition) is 1. The van der Waals surface area contributed by atoms with E-state index in [2.05, 4.69) is 15.9 Å². The van der Waals surface area contributed by atoms with Gasteiger partial charge in [-0.1, -0.05) is 15.9 Å². The second-order valence-electron chi connectivity index (χ2n) is 5.96. The summed E-state index contributed by atoms with van der Waals surface area (Å²) in [6.45, 7) is 0. The molecule has 5 heteroatoms. The molecule has 1 saturated heterocycles. The molecule has 3 aliphatic rings. The highest BCUT2D eigenvalue weighted by Crippen LogP contribution is 2.49. The smallest absolute Gasteiger partial charge is 0.161 e. The summed E-state index contributed by atoms with van der Waals surface area (Å²) in [5.74, 6) is 1.47. The van der Waals surface area contributed by atoms with E-state index in [0.29, 0.717) is 6.42 Å². The van der Waals surface area contributed by atoms with Crippen molar-refractivity contribution in [3.8, 4) is 5.75 Å². The highest BCUT2D eigenvalue weighted by molar-refractivity contribution is 9.10. The molecule has 4 rings (SSSR count). The number of carbonyl (C=O) groups excluding carboxylic acids is 1. The van der Waals surface area contributed by atoms with Crippen LogP contribution in [-0.4, -0.2) is 27.6 Å².